The number of carboxylic acids is 1. The van der Waals surface area contributed by atoms with Gasteiger partial charge in [0, 0.05) is 23.5 Å². The first-order valence-corrected chi connectivity index (χ1v) is 13.5. The number of hydrogen-bond donors (Lipinski definition) is 1. The van der Waals surface area contributed by atoms with E-state index in [1.54, 1.807) is 4.90 Å². The number of nitrogens with zero attached hydrogens (tertiary/aromatic N) is 1. The van der Waals surface area contributed by atoms with E-state index in [2.05, 4.69) is 40.2 Å². The summed E-state index contributed by atoms with van der Waals surface area (Å²) < 4.78 is 12.9. The Morgan fingerprint density at radius 1 is 0.919 bits per heavy atom. The summed E-state index contributed by atoms with van der Waals surface area (Å²) in [5.41, 5.74) is 4.88. The number of amides is 1. The van der Waals surface area contributed by atoms with Crippen LogP contribution in [0.15, 0.2) is 77.3 Å². The van der Waals surface area contributed by atoms with Gasteiger partial charge >= 0.3 is 12.1 Å². The molecule has 1 aliphatic heterocycles. The van der Waals surface area contributed by atoms with Gasteiger partial charge in [-0.1, -0.05) is 76.6 Å². The van der Waals surface area contributed by atoms with Crippen molar-refractivity contribution in [3.63, 3.8) is 0 Å². The van der Waals surface area contributed by atoms with Gasteiger partial charge < -0.3 is 19.5 Å². The van der Waals surface area contributed by atoms with Gasteiger partial charge in [-0.2, -0.15) is 0 Å². The van der Waals surface area contributed by atoms with Crippen molar-refractivity contribution >= 4 is 28.0 Å². The minimum Gasteiger partial charge on any atom is -0.480 e. The van der Waals surface area contributed by atoms with Crippen molar-refractivity contribution in [3.8, 4) is 11.1 Å². The summed E-state index contributed by atoms with van der Waals surface area (Å²) in [5.74, 6) is -1.00. The fourth-order valence-electron chi connectivity index (χ4n) is 5.62. The Morgan fingerprint density at radius 2 is 1.62 bits per heavy atom. The molecule has 1 saturated heterocycles. The van der Waals surface area contributed by atoms with Crippen LogP contribution in [0.3, 0.4) is 0 Å². The molecule has 1 unspecified atom stereocenters. The van der Waals surface area contributed by atoms with Crippen LogP contribution in [0.2, 0.25) is 0 Å². The molecule has 0 bridgehead atoms. The van der Waals surface area contributed by atoms with Crippen molar-refractivity contribution in [3.05, 3.63) is 94.0 Å². The molecule has 7 heteroatoms. The number of carbonyl (C=O) groups excluding carboxylic acids is 1. The van der Waals surface area contributed by atoms with Crippen LogP contribution in [0.4, 0.5) is 4.79 Å². The topological polar surface area (TPSA) is 76.1 Å². The van der Waals surface area contributed by atoms with Gasteiger partial charge in [0.15, 0.2) is 0 Å². The van der Waals surface area contributed by atoms with E-state index in [9.17, 15) is 14.7 Å². The first kappa shape index (κ1) is 25.5. The molecule has 1 aliphatic carbocycles. The molecular weight excluding hydrogens is 534 g/mol. The molecule has 2 aliphatic rings. The zero-order valence-electron chi connectivity index (χ0n) is 20.6. The number of likely N-dealkylation sites (tertiary alicyclic amines) is 1. The maximum absolute atomic E-state index is 13.3. The van der Waals surface area contributed by atoms with Crippen LogP contribution in [0, 0.1) is 0 Å². The Labute approximate surface area is 225 Å². The summed E-state index contributed by atoms with van der Waals surface area (Å²) in [6, 6.07) is 24.4. The van der Waals surface area contributed by atoms with Crippen LogP contribution in [0.1, 0.15) is 48.3 Å². The molecule has 37 heavy (non-hydrogen) atoms. The van der Waals surface area contributed by atoms with Crippen LogP contribution in [0.5, 0.6) is 0 Å². The Balaban J connectivity index is 1.31. The van der Waals surface area contributed by atoms with Crippen molar-refractivity contribution < 1.29 is 24.2 Å². The Kier molecular flexibility index (Phi) is 7.63. The first-order valence-electron chi connectivity index (χ1n) is 12.7. The summed E-state index contributed by atoms with van der Waals surface area (Å²) in [6.45, 7) is 0.903. The number of benzene rings is 3. The zero-order valence-corrected chi connectivity index (χ0v) is 22.2. The van der Waals surface area contributed by atoms with Crippen molar-refractivity contribution in [2.24, 2.45) is 0 Å². The summed E-state index contributed by atoms with van der Waals surface area (Å²) in [5, 5.41) is 9.32. The summed E-state index contributed by atoms with van der Waals surface area (Å²) >= 11 is 3.52. The Bertz CT molecular complexity index is 1250. The van der Waals surface area contributed by atoms with E-state index in [1.807, 2.05) is 48.5 Å². The molecule has 1 atom stereocenters. The second-order valence-corrected chi connectivity index (χ2v) is 10.6. The van der Waals surface area contributed by atoms with Gasteiger partial charge in [0.2, 0.25) is 0 Å². The number of rotatable bonds is 6. The zero-order chi connectivity index (χ0) is 25.8. The Hall–Kier alpha value is -3.16. The highest BCUT2D eigenvalue weighted by molar-refractivity contribution is 9.10. The van der Waals surface area contributed by atoms with Crippen LogP contribution in [-0.4, -0.2) is 48.4 Å². The van der Waals surface area contributed by atoms with Crippen molar-refractivity contribution in [1.29, 1.82) is 0 Å². The SMILES string of the molecule is O=C(O)COC1(c2cccc(Br)c2)CCCCN(C(=O)OCC2c3ccccc3-c3ccccc32)CC1. The highest BCUT2D eigenvalue weighted by Crippen LogP contribution is 2.44. The van der Waals surface area contributed by atoms with Crippen LogP contribution in [-0.2, 0) is 19.9 Å². The fraction of sp³-hybridized carbons (Fsp3) is 0.333. The van der Waals surface area contributed by atoms with Crippen LogP contribution >= 0.6 is 15.9 Å². The summed E-state index contributed by atoms with van der Waals surface area (Å²) in [6.07, 6.45) is 2.43. The molecular formula is C30H30BrNO5. The van der Waals surface area contributed by atoms with Gasteiger partial charge in [-0.25, -0.2) is 9.59 Å². The second-order valence-electron chi connectivity index (χ2n) is 9.69. The third-order valence-corrected chi connectivity index (χ3v) is 7.95. The summed E-state index contributed by atoms with van der Waals surface area (Å²) in [4.78, 5) is 26.4. The quantitative estimate of drug-likeness (QED) is 0.367. The smallest absolute Gasteiger partial charge is 0.409 e. The van der Waals surface area contributed by atoms with E-state index >= 15 is 0 Å². The first-order chi connectivity index (χ1) is 18.0. The Morgan fingerprint density at radius 3 is 2.30 bits per heavy atom. The van der Waals surface area contributed by atoms with Gasteiger partial charge in [0.05, 0.1) is 5.60 Å². The van der Waals surface area contributed by atoms with E-state index in [1.165, 1.54) is 22.3 Å². The van der Waals surface area contributed by atoms with Crippen molar-refractivity contribution in [2.45, 2.75) is 37.2 Å². The lowest BCUT2D eigenvalue weighted by Gasteiger charge is -2.38. The predicted octanol–water partition coefficient (Wildman–Crippen LogP) is 6.57. The number of carbonyl (C=O) groups is 2. The lowest BCUT2D eigenvalue weighted by molar-refractivity contribution is -0.153. The van der Waals surface area contributed by atoms with Gasteiger partial charge in [-0.3, -0.25) is 0 Å². The average Bonchev–Trinajstić information content (AvgIpc) is 3.21. The van der Waals surface area contributed by atoms with Crippen LogP contribution in [0.25, 0.3) is 11.1 Å². The monoisotopic (exact) mass is 563 g/mol. The number of aliphatic carboxylic acids is 1. The van der Waals surface area contributed by atoms with Gasteiger partial charge in [0.1, 0.15) is 13.2 Å². The summed E-state index contributed by atoms with van der Waals surface area (Å²) in [7, 11) is 0. The molecule has 1 fully saturated rings. The lowest BCUT2D eigenvalue weighted by Crippen LogP contribution is -2.42. The number of hydrogen-bond acceptors (Lipinski definition) is 4. The molecule has 0 aromatic heterocycles. The predicted molar refractivity (Wildman–Crippen MR) is 145 cm³/mol. The number of fused-ring (bicyclic) bond motifs is 3. The molecule has 3 aromatic carbocycles. The highest BCUT2D eigenvalue weighted by Gasteiger charge is 2.37. The number of ether oxygens (including phenoxy) is 2. The maximum atomic E-state index is 13.3. The molecule has 3 aromatic rings. The number of carboxylic acid groups (broad SMARTS) is 1. The van der Waals surface area contributed by atoms with Crippen molar-refractivity contribution in [2.75, 3.05) is 26.3 Å². The lowest BCUT2D eigenvalue weighted by atomic mass is 9.84. The minimum atomic E-state index is -1.01. The standard InChI is InChI=1S/C30H30BrNO5/c31-22-9-7-8-21(18-22)30(37-20-28(33)34)14-5-6-16-32(17-15-30)29(35)36-19-27-25-12-3-1-10-23(25)24-11-2-4-13-26(24)27/h1-4,7-13,18,27H,5-6,14-17,19-20H2,(H,33,34). The molecule has 5 rings (SSSR count). The van der Waals surface area contributed by atoms with Gasteiger partial charge in [-0.05, 0) is 65.6 Å². The third-order valence-electron chi connectivity index (χ3n) is 7.46. The molecule has 1 heterocycles. The normalized spacial score (nSPS) is 19.4. The second kappa shape index (κ2) is 11.1. The molecule has 0 spiro atoms. The van der Waals surface area contributed by atoms with E-state index in [0.717, 1.165) is 22.9 Å². The van der Waals surface area contributed by atoms with Crippen molar-refractivity contribution in [1.82, 2.24) is 4.90 Å². The van der Waals surface area contributed by atoms with E-state index < -0.39 is 18.2 Å². The highest BCUT2D eigenvalue weighted by atomic mass is 79.9. The molecule has 1 amide bonds. The van der Waals surface area contributed by atoms with E-state index in [4.69, 9.17) is 9.47 Å². The fourth-order valence-corrected chi connectivity index (χ4v) is 6.02. The van der Waals surface area contributed by atoms with Gasteiger partial charge in [-0.15, -0.1) is 0 Å². The number of halogens is 1. The van der Waals surface area contributed by atoms with Gasteiger partial charge in [0.25, 0.3) is 0 Å². The molecule has 0 saturated carbocycles. The van der Waals surface area contributed by atoms with E-state index in [0.29, 0.717) is 25.9 Å². The average molecular weight is 564 g/mol. The maximum Gasteiger partial charge on any atom is 0.409 e. The molecule has 0 radical (unpaired) electrons. The van der Waals surface area contributed by atoms with E-state index in [-0.39, 0.29) is 18.6 Å². The largest absolute Gasteiger partial charge is 0.480 e. The minimum absolute atomic E-state index is 0.00534. The third kappa shape index (κ3) is 5.43. The van der Waals surface area contributed by atoms with Crippen LogP contribution < -0.4 is 0 Å². The molecule has 192 valence electrons. The molecule has 6 nitrogen and oxygen atoms in total. The molecule has 1 N–H and O–H groups in total.